The van der Waals surface area contributed by atoms with Crippen LogP contribution in [0, 0.1) is 23.3 Å². The highest BCUT2D eigenvalue weighted by molar-refractivity contribution is 6.17. The van der Waals surface area contributed by atoms with Gasteiger partial charge in [-0.2, -0.15) is 0 Å². The van der Waals surface area contributed by atoms with Gasteiger partial charge in [0, 0.05) is 39.5 Å². The number of benzene rings is 3. The fraction of sp³-hybridized carbons (Fsp3) is 0.0500. The van der Waals surface area contributed by atoms with Crippen molar-refractivity contribution < 1.29 is 22.4 Å². The van der Waals surface area contributed by atoms with Gasteiger partial charge in [-0.15, -0.1) is 0 Å². The Bertz CT molecular complexity index is 1210. The van der Waals surface area contributed by atoms with Crippen molar-refractivity contribution in [2.75, 3.05) is 0 Å². The molecule has 0 radical (unpaired) electrons. The predicted octanol–water partition coefficient (Wildman–Crippen LogP) is 4.50. The summed E-state index contributed by atoms with van der Waals surface area (Å²) in [6.07, 6.45) is 0. The third-order valence-corrected chi connectivity index (χ3v) is 4.54. The fourth-order valence-electron chi connectivity index (χ4n) is 3.38. The molecular formula is C20H12F4N2O. The van der Waals surface area contributed by atoms with Gasteiger partial charge in [0.25, 0.3) is 0 Å². The van der Waals surface area contributed by atoms with Crippen molar-refractivity contribution in [1.82, 2.24) is 4.57 Å². The van der Waals surface area contributed by atoms with Crippen LogP contribution >= 0.6 is 0 Å². The zero-order chi connectivity index (χ0) is 19.3. The fourth-order valence-corrected chi connectivity index (χ4v) is 3.38. The van der Waals surface area contributed by atoms with Crippen LogP contribution in [0.15, 0.2) is 48.5 Å². The SMILES string of the molecule is NC(=O)c1cccc2c1c1cc(F)ccc1n2Cc1c(F)cc(F)cc1F. The summed E-state index contributed by atoms with van der Waals surface area (Å²) in [5.74, 6) is -4.32. The molecule has 0 aliphatic rings. The van der Waals surface area contributed by atoms with Crippen LogP contribution in [0.2, 0.25) is 0 Å². The van der Waals surface area contributed by atoms with Crippen molar-refractivity contribution in [2.24, 2.45) is 5.73 Å². The molecule has 4 rings (SSSR count). The Hall–Kier alpha value is -3.35. The number of hydrogen-bond donors (Lipinski definition) is 1. The van der Waals surface area contributed by atoms with Crippen molar-refractivity contribution in [3.63, 3.8) is 0 Å². The molecule has 0 saturated heterocycles. The molecule has 1 amide bonds. The zero-order valence-electron chi connectivity index (χ0n) is 13.8. The minimum absolute atomic E-state index is 0.168. The quantitative estimate of drug-likeness (QED) is 0.529. The monoisotopic (exact) mass is 372 g/mol. The van der Waals surface area contributed by atoms with E-state index in [4.69, 9.17) is 5.73 Å². The lowest BCUT2D eigenvalue weighted by Crippen LogP contribution is -2.11. The summed E-state index contributed by atoms with van der Waals surface area (Å²) in [6, 6.07) is 9.80. The second-order valence-electron chi connectivity index (χ2n) is 6.16. The number of nitrogens with zero attached hydrogens (tertiary/aromatic N) is 1. The summed E-state index contributed by atoms with van der Waals surface area (Å²) in [5, 5.41) is 0.782. The van der Waals surface area contributed by atoms with Gasteiger partial charge >= 0.3 is 0 Å². The first-order valence-corrected chi connectivity index (χ1v) is 8.00. The highest BCUT2D eigenvalue weighted by Crippen LogP contribution is 2.33. The van der Waals surface area contributed by atoms with Gasteiger partial charge in [-0.1, -0.05) is 6.07 Å². The number of nitrogens with two attached hydrogens (primary N) is 1. The second-order valence-corrected chi connectivity index (χ2v) is 6.16. The molecular weight excluding hydrogens is 360 g/mol. The normalized spacial score (nSPS) is 11.4. The summed E-state index contributed by atoms with van der Waals surface area (Å²) < 4.78 is 56.9. The molecule has 2 N–H and O–H groups in total. The van der Waals surface area contributed by atoms with E-state index in [1.54, 1.807) is 12.1 Å². The topological polar surface area (TPSA) is 48.0 Å². The maximum absolute atomic E-state index is 14.1. The Kier molecular flexibility index (Phi) is 3.87. The maximum Gasteiger partial charge on any atom is 0.249 e. The molecule has 27 heavy (non-hydrogen) atoms. The predicted molar refractivity (Wildman–Crippen MR) is 93.3 cm³/mol. The molecule has 0 spiro atoms. The van der Waals surface area contributed by atoms with Crippen molar-refractivity contribution >= 4 is 27.7 Å². The Balaban J connectivity index is 2.06. The first kappa shape index (κ1) is 17.1. The Morgan fingerprint density at radius 1 is 0.889 bits per heavy atom. The number of primary amides is 1. The smallest absolute Gasteiger partial charge is 0.249 e. The Morgan fingerprint density at radius 2 is 1.59 bits per heavy atom. The molecule has 3 aromatic carbocycles. The Labute approximate surface area is 150 Å². The molecule has 3 nitrogen and oxygen atoms in total. The first-order chi connectivity index (χ1) is 12.9. The van der Waals surface area contributed by atoms with Crippen LogP contribution in [-0.2, 0) is 6.54 Å². The van der Waals surface area contributed by atoms with Gasteiger partial charge in [-0.25, -0.2) is 17.6 Å². The summed E-state index contributed by atoms with van der Waals surface area (Å²) in [4.78, 5) is 11.8. The molecule has 1 heterocycles. The van der Waals surface area contributed by atoms with Crippen LogP contribution < -0.4 is 5.73 Å². The van der Waals surface area contributed by atoms with E-state index in [0.29, 0.717) is 33.9 Å². The number of halogens is 4. The highest BCUT2D eigenvalue weighted by Gasteiger charge is 2.19. The average Bonchev–Trinajstić information content (AvgIpc) is 2.91. The van der Waals surface area contributed by atoms with Gasteiger partial charge in [0.05, 0.1) is 12.1 Å². The number of rotatable bonds is 3. The molecule has 4 aromatic rings. The standard InChI is InChI=1S/C20H12F4N2O/c21-10-4-5-17-13(6-10)19-12(20(25)27)2-1-3-18(19)26(17)9-14-15(23)7-11(22)8-16(14)24/h1-8H,9H2,(H2,25,27). The molecule has 7 heteroatoms. The van der Waals surface area contributed by atoms with Crippen molar-refractivity contribution in [2.45, 2.75) is 6.54 Å². The molecule has 0 aliphatic carbocycles. The molecule has 0 aliphatic heterocycles. The van der Waals surface area contributed by atoms with Crippen LogP contribution in [0.25, 0.3) is 21.8 Å². The summed E-state index contributed by atoms with van der Waals surface area (Å²) in [5.41, 5.74) is 6.17. The van der Waals surface area contributed by atoms with E-state index in [-0.39, 0.29) is 17.7 Å². The van der Waals surface area contributed by atoms with E-state index in [1.807, 2.05) is 0 Å². The number of aromatic nitrogens is 1. The third-order valence-electron chi connectivity index (χ3n) is 4.54. The molecule has 136 valence electrons. The number of amides is 1. The molecule has 1 aromatic heterocycles. The van der Waals surface area contributed by atoms with Gasteiger partial charge < -0.3 is 10.3 Å². The van der Waals surface area contributed by atoms with E-state index < -0.39 is 29.2 Å². The average molecular weight is 372 g/mol. The van der Waals surface area contributed by atoms with Crippen molar-refractivity contribution in [3.05, 3.63) is 82.9 Å². The summed E-state index contributed by atoms with van der Waals surface area (Å²) >= 11 is 0. The van der Waals surface area contributed by atoms with E-state index >= 15 is 0 Å². The van der Waals surface area contributed by atoms with Gasteiger partial charge in [-0.3, -0.25) is 4.79 Å². The van der Waals surface area contributed by atoms with Gasteiger partial charge in [-0.05, 0) is 30.3 Å². The van der Waals surface area contributed by atoms with E-state index in [0.717, 1.165) is 0 Å². The van der Waals surface area contributed by atoms with Crippen molar-refractivity contribution in [3.8, 4) is 0 Å². The lowest BCUT2D eigenvalue weighted by molar-refractivity contribution is 0.100. The largest absolute Gasteiger partial charge is 0.366 e. The van der Waals surface area contributed by atoms with E-state index in [9.17, 15) is 22.4 Å². The molecule has 0 fully saturated rings. The van der Waals surface area contributed by atoms with Crippen molar-refractivity contribution in [1.29, 1.82) is 0 Å². The minimum Gasteiger partial charge on any atom is -0.366 e. The zero-order valence-corrected chi connectivity index (χ0v) is 13.8. The van der Waals surface area contributed by atoms with Gasteiger partial charge in [0.1, 0.15) is 23.3 Å². The first-order valence-electron chi connectivity index (χ1n) is 8.00. The molecule has 0 saturated carbocycles. The number of fused-ring (bicyclic) bond motifs is 3. The number of carbonyl (C=O) groups is 1. The molecule has 0 bridgehead atoms. The number of hydrogen-bond acceptors (Lipinski definition) is 1. The maximum atomic E-state index is 14.1. The second kappa shape index (κ2) is 6.12. The van der Waals surface area contributed by atoms with E-state index in [2.05, 4.69) is 0 Å². The van der Waals surface area contributed by atoms with Crippen LogP contribution in [-0.4, -0.2) is 10.5 Å². The van der Waals surface area contributed by atoms with Gasteiger partial charge in [0.15, 0.2) is 0 Å². The van der Waals surface area contributed by atoms with Crippen LogP contribution in [0.5, 0.6) is 0 Å². The molecule has 0 atom stereocenters. The van der Waals surface area contributed by atoms with Crippen LogP contribution in [0.4, 0.5) is 17.6 Å². The highest BCUT2D eigenvalue weighted by atomic mass is 19.1. The summed E-state index contributed by atoms with van der Waals surface area (Å²) in [7, 11) is 0. The van der Waals surface area contributed by atoms with Gasteiger partial charge in [0.2, 0.25) is 5.91 Å². The lowest BCUT2D eigenvalue weighted by atomic mass is 10.1. The Morgan fingerprint density at radius 3 is 2.26 bits per heavy atom. The summed E-state index contributed by atoms with van der Waals surface area (Å²) in [6.45, 7) is -0.272. The number of carbonyl (C=O) groups excluding carboxylic acids is 1. The molecule has 0 unspecified atom stereocenters. The van der Waals surface area contributed by atoms with Crippen LogP contribution in [0.1, 0.15) is 15.9 Å². The van der Waals surface area contributed by atoms with Crippen LogP contribution in [0.3, 0.4) is 0 Å². The third kappa shape index (κ3) is 2.71. The minimum atomic E-state index is -1.03. The van der Waals surface area contributed by atoms with E-state index in [1.165, 1.54) is 28.8 Å². The lowest BCUT2D eigenvalue weighted by Gasteiger charge is -2.10.